The fourth-order valence-corrected chi connectivity index (χ4v) is 2.63. The Morgan fingerprint density at radius 2 is 1.50 bits per heavy atom. The summed E-state index contributed by atoms with van der Waals surface area (Å²) in [6, 6.07) is 20.3. The summed E-state index contributed by atoms with van der Waals surface area (Å²) in [6.45, 7) is 0. The maximum Gasteiger partial charge on any atom is 0.119 e. The van der Waals surface area contributed by atoms with Gasteiger partial charge in [-0.15, -0.1) is 0 Å². The molecule has 0 bridgehead atoms. The Labute approximate surface area is 134 Å². The number of phenols is 2. The molecule has 3 aromatic rings. The maximum absolute atomic E-state index is 9.97. The quantitative estimate of drug-likeness (QED) is 0.668. The van der Waals surface area contributed by atoms with E-state index in [-0.39, 0.29) is 11.5 Å². The minimum absolute atomic E-state index is 0.150. The van der Waals surface area contributed by atoms with Crippen LogP contribution in [0.1, 0.15) is 11.1 Å². The SMILES string of the molecule is Oc1ccc(O)c(Cc2ccccc2-c2ccc(Cl)cc2)c1. The Bertz CT molecular complexity index is 795. The van der Waals surface area contributed by atoms with Gasteiger partial charge >= 0.3 is 0 Å². The first-order valence-electron chi connectivity index (χ1n) is 6.98. The average molecular weight is 311 g/mol. The number of halogens is 1. The van der Waals surface area contributed by atoms with Gasteiger partial charge in [-0.2, -0.15) is 0 Å². The molecule has 22 heavy (non-hydrogen) atoms. The molecule has 0 aliphatic heterocycles. The molecular formula is C19H15ClO2. The summed E-state index contributed by atoms with van der Waals surface area (Å²) in [4.78, 5) is 0. The Hall–Kier alpha value is -2.45. The van der Waals surface area contributed by atoms with Crippen molar-refractivity contribution in [2.75, 3.05) is 0 Å². The molecule has 3 aromatic carbocycles. The van der Waals surface area contributed by atoms with Crippen LogP contribution in [0.15, 0.2) is 66.7 Å². The molecule has 3 rings (SSSR count). The number of rotatable bonds is 3. The van der Waals surface area contributed by atoms with E-state index in [0.717, 1.165) is 16.7 Å². The van der Waals surface area contributed by atoms with Gasteiger partial charge in [0.1, 0.15) is 11.5 Å². The summed E-state index contributed by atoms with van der Waals surface area (Å²) in [5.74, 6) is 0.334. The zero-order valence-corrected chi connectivity index (χ0v) is 12.6. The highest BCUT2D eigenvalue weighted by atomic mass is 35.5. The second-order valence-corrected chi connectivity index (χ2v) is 5.59. The zero-order chi connectivity index (χ0) is 15.5. The molecule has 2 nitrogen and oxygen atoms in total. The normalized spacial score (nSPS) is 10.6. The standard InChI is InChI=1S/C19H15ClO2/c20-16-7-5-13(6-8-16)18-4-2-1-3-14(18)11-15-12-17(21)9-10-19(15)22/h1-10,12,21-22H,11H2. The highest BCUT2D eigenvalue weighted by molar-refractivity contribution is 6.30. The van der Waals surface area contributed by atoms with Gasteiger partial charge in [0.15, 0.2) is 0 Å². The average Bonchev–Trinajstić information content (AvgIpc) is 2.52. The van der Waals surface area contributed by atoms with Crippen molar-refractivity contribution in [2.45, 2.75) is 6.42 Å². The van der Waals surface area contributed by atoms with Gasteiger partial charge < -0.3 is 10.2 Å². The molecular weight excluding hydrogens is 296 g/mol. The fraction of sp³-hybridized carbons (Fsp3) is 0.0526. The predicted octanol–water partition coefficient (Wildman–Crippen LogP) is 5.01. The number of phenolic OH excluding ortho intramolecular Hbond substituents is 2. The lowest BCUT2D eigenvalue weighted by molar-refractivity contribution is 0.455. The monoisotopic (exact) mass is 310 g/mol. The Kier molecular flexibility index (Phi) is 4.03. The fourth-order valence-electron chi connectivity index (χ4n) is 2.50. The van der Waals surface area contributed by atoms with E-state index in [2.05, 4.69) is 0 Å². The Balaban J connectivity index is 2.01. The molecule has 0 spiro atoms. The minimum Gasteiger partial charge on any atom is -0.508 e. The van der Waals surface area contributed by atoms with E-state index in [9.17, 15) is 10.2 Å². The highest BCUT2D eigenvalue weighted by Gasteiger charge is 2.09. The zero-order valence-electron chi connectivity index (χ0n) is 11.8. The van der Waals surface area contributed by atoms with Gasteiger partial charge in [-0.25, -0.2) is 0 Å². The van der Waals surface area contributed by atoms with Crippen molar-refractivity contribution < 1.29 is 10.2 Å². The lowest BCUT2D eigenvalue weighted by Gasteiger charge is -2.11. The van der Waals surface area contributed by atoms with Gasteiger partial charge in [0.25, 0.3) is 0 Å². The largest absolute Gasteiger partial charge is 0.508 e. The molecule has 0 heterocycles. The number of aromatic hydroxyl groups is 2. The van der Waals surface area contributed by atoms with Crippen LogP contribution in [0.3, 0.4) is 0 Å². The van der Waals surface area contributed by atoms with E-state index in [1.807, 2.05) is 48.5 Å². The van der Waals surface area contributed by atoms with E-state index >= 15 is 0 Å². The van der Waals surface area contributed by atoms with Crippen LogP contribution in [-0.4, -0.2) is 10.2 Å². The molecule has 0 unspecified atom stereocenters. The van der Waals surface area contributed by atoms with Crippen molar-refractivity contribution in [3.8, 4) is 22.6 Å². The molecule has 0 radical (unpaired) electrons. The molecule has 0 aromatic heterocycles. The maximum atomic E-state index is 9.97. The lowest BCUT2D eigenvalue weighted by atomic mass is 9.94. The van der Waals surface area contributed by atoms with Crippen LogP contribution in [-0.2, 0) is 6.42 Å². The van der Waals surface area contributed by atoms with Crippen molar-refractivity contribution >= 4 is 11.6 Å². The van der Waals surface area contributed by atoms with Gasteiger partial charge in [-0.05, 0) is 47.0 Å². The summed E-state index contributed by atoms with van der Waals surface area (Å²) in [7, 11) is 0. The van der Waals surface area contributed by atoms with Gasteiger partial charge in [0, 0.05) is 17.0 Å². The van der Waals surface area contributed by atoms with Crippen molar-refractivity contribution in [1.29, 1.82) is 0 Å². The van der Waals surface area contributed by atoms with Crippen LogP contribution in [0, 0.1) is 0 Å². The number of benzene rings is 3. The van der Waals surface area contributed by atoms with Crippen molar-refractivity contribution in [1.82, 2.24) is 0 Å². The first-order valence-corrected chi connectivity index (χ1v) is 7.36. The molecule has 0 amide bonds. The van der Waals surface area contributed by atoms with E-state index in [1.54, 1.807) is 6.07 Å². The number of hydrogen-bond acceptors (Lipinski definition) is 2. The predicted molar refractivity (Wildman–Crippen MR) is 89.5 cm³/mol. The summed E-state index contributed by atoms with van der Waals surface area (Å²) >= 11 is 5.95. The molecule has 3 heteroatoms. The Morgan fingerprint density at radius 1 is 0.773 bits per heavy atom. The van der Waals surface area contributed by atoms with Gasteiger partial charge in [0.05, 0.1) is 0 Å². The van der Waals surface area contributed by atoms with Crippen molar-refractivity contribution in [3.63, 3.8) is 0 Å². The molecule has 0 saturated carbocycles. The first kappa shape index (κ1) is 14.5. The third kappa shape index (κ3) is 3.07. The summed E-state index contributed by atoms with van der Waals surface area (Å²) in [6.07, 6.45) is 0.541. The van der Waals surface area contributed by atoms with Gasteiger partial charge in [-0.3, -0.25) is 0 Å². The van der Waals surface area contributed by atoms with Crippen molar-refractivity contribution in [2.24, 2.45) is 0 Å². The summed E-state index contributed by atoms with van der Waals surface area (Å²) in [5.41, 5.74) is 3.92. The molecule has 0 saturated heterocycles. The molecule has 0 fully saturated rings. The van der Waals surface area contributed by atoms with Crippen molar-refractivity contribution in [3.05, 3.63) is 82.9 Å². The summed E-state index contributed by atoms with van der Waals surface area (Å²) < 4.78 is 0. The second-order valence-electron chi connectivity index (χ2n) is 5.15. The highest BCUT2D eigenvalue weighted by Crippen LogP contribution is 2.30. The van der Waals surface area contributed by atoms with E-state index in [1.165, 1.54) is 12.1 Å². The van der Waals surface area contributed by atoms with Crippen LogP contribution < -0.4 is 0 Å². The first-order chi connectivity index (χ1) is 10.6. The van der Waals surface area contributed by atoms with E-state index in [4.69, 9.17) is 11.6 Å². The molecule has 0 aliphatic rings. The van der Waals surface area contributed by atoms with Gasteiger partial charge in [-0.1, -0.05) is 48.0 Å². The van der Waals surface area contributed by atoms with Crippen LogP contribution in [0.2, 0.25) is 5.02 Å². The third-order valence-corrected chi connectivity index (χ3v) is 3.87. The number of hydrogen-bond donors (Lipinski definition) is 2. The third-order valence-electron chi connectivity index (χ3n) is 3.62. The molecule has 0 aliphatic carbocycles. The second kappa shape index (κ2) is 6.12. The molecule has 110 valence electrons. The lowest BCUT2D eigenvalue weighted by Crippen LogP contribution is -1.93. The summed E-state index contributed by atoms with van der Waals surface area (Å²) in [5, 5.41) is 20.3. The molecule has 2 N–H and O–H groups in total. The minimum atomic E-state index is 0.150. The van der Waals surface area contributed by atoms with Crippen LogP contribution in [0.4, 0.5) is 0 Å². The topological polar surface area (TPSA) is 40.5 Å². The Morgan fingerprint density at radius 3 is 2.27 bits per heavy atom. The van der Waals surface area contributed by atoms with Gasteiger partial charge in [0.2, 0.25) is 0 Å². The van der Waals surface area contributed by atoms with E-state index in [0.29, 0.717) is 17.0 Å². The van der Waals surface area contributed by atoms with Crippen LogP contribution in [0.25, 0.3) is 11.1 Å². The van der Waals surface area contributed by atoms with Crippen LogP contribution in [0.5, 0.6) is 11.5 Å². The molecule has 0 atom stereocenters. The van der Waals surface area contributed by atoms with E-state index < -0.39 is 0 Å². The van der Waals surface area contributed by atoms with Crippen LogP contribution >= 0.6 is 11.6 Å². The smallest absolute Gasteiger partial charge is 0.119 e.